The number of hydrogen-bond donors (Lipinski definition) is 3. The molecule has 10 heteroatoms. The first-order chi connectivity index (χ1) is 15.5. The first-order valence-corrected chi connectivity index (χ1v) is 12.3. The van der Waals surface area contributed by atoms with Crippen LogP contribution >= 0.6 is 10.6 Å². The van der Waals surface area contributed by atoms with Gasteiger partial charge in [-0.25, -0.2) is 19.9 Å². The molecule has 0 unspecified atom stereocenters. The molecule has 0 atom stereocenters. The third-order valence-electron chi connectivity index (χ3n) is 5.63. The predicted octanol–water partition coefficient (Wildman–Crippen LogP) is 4.00. The van der Waals surface area contributed by atoms with Gasteiger partial charge in [-0.1, -0.05) is 0 Å². The van der Waals surface area contributed by atoms with Crippen molar-refractivity contribution in [3.05, 3.63) is 54.0 Å². The number of nitrogens with one attached hydrogen (secondary N) is 1. The normalized spacial score (nSPS) is 18.6. The van der Waals surface area contributed by atoms with Crippen molar-refractivity contribution in [2.75, 3.05) is 34.8 Å². The van der Waals surface area contributed by atoms with Crippen LogP contribution in [0, 0.1) is 11.3 Å². The quantitative estimate of drug-likeness (QED) is 0.529. The summed E-state index contributed by atoms with van der Waals surface area (Å²) in [5.41, 5.74) is 3.32. The second-order valence-corrected chi connectivity index (χ2v) is 10.5. The van der Waals surface area contributed by atoms with Gasteiger partial charge in [0, 0.05) is 37.2 Å². The number of aromatic nitrogens is 4. The number of nitrogens with zero attached hydrogens (tertiary/aromatic N) is 6. The molecule has 0 bridgehead atoms. The number of nitriles is 1. The average Bonchev–Trinajstić information content (AvgIpc) is 3.65. The van der Waals surface area contributed by atoms with Crippen molar-refractivity contribution in [1.29, 1.82) is 5.26 Å². The first kappa shape index (κ1) is 20.6. The molecule has 2 fully saturated rings. The van der Waals surface area contributed by atoms with E-state index in [0.717, 1.165) is 24.1 Å². The predicted molar refractivity (Wildman–Crippen MR) is 124 cm³/mol. The molecule has 9 nitrogen and oxygen atoms in total. The van der Waals surface area contributed by atoms with Gasteiger partial charge in [0.1, 0.15) is 11.6 Å². The summed E-state index contributed by atoms with van der Waals surface area (Å²) in [7, 11) is -2.45. The summed E-state index contributed by atoms with van der Waals surface area (Å²) in [6.07, 6.45) is 7.43. The topological polar surface area (TPSA) is 131 Å². The molecule has 3 aromatic heterocycles. The minimum atomic E-state index is -2.45. The van der Waals surface area contributed by atoms with E-state index in [1.165, 1.54) is 5.56 Å². The molecular weight excluding hydrogens is 426 g/mol. The van der Waals surface area contributed by atoms with Gasteiger partial charge in [-0.15, -0.1) is 0 Å². The maximum Gasteiger partial charge on any atom is 0.225 e. The summed E-state index contributed by atoms with van der Waals surface area (Å²) in [4.78, 5) is 20.0. The molecule has 164 valence electrons. The number of rotatable bonds is 5. The maximum atomic E-state index is 9.81. The Hall–Kier alpha value is -3.26. The lowest BCUT2D eigenvalue weighted by Crippen LogP contribution is -2.39. The Kier molecular flexibility index (Phi) is 5.38. The van der Waals surface area contributed by atoms with Crippen LogP contribution < -0.4 is 10.2 Å². The Morgan fingerprint density at radius 1 is 1.03 bits per heavy atom. The minimum Gasteiger partial charge on any atom is -0.338 e. The molecule has 2 aliphatic rings. The fraction of sp³-hybridized carbons (Fsp3) is 0.318. The van der Waals surface area contributed by atoms with Gasteiger partial charge >= 0.3 is 0 Å². The summed E-state index contributed by atoms with van der Waals surface area (Å²) in [5.74, 6) is 3.04. The van der Waals surface area contributed by atoms with Crippen molar-refractivity contribution in [3.8, 4) is 17.3 Å². The molecule has 3 N–H and O–H groups in total. The van der Waals surface area contributed by atoms with Crippen molar-refractivity contribution in [3.63, 3.8) is 0 Å². The number of anilines is 3. The third-order valence-corrected chi connectivity index (χ3v) is 7.31. The highest BCUT2D eigenvalue weighted by Crippen LogP contribution is 2.42. The van der Waals surface area contributed by atoms with Crippen LogP contribution in [-0.4, -0.2) is 53.6 Å². The van der Waals surface area contributed by atoms with Gasteiger partial charge < -0.3 is 10.2 Å². The van der Waals surface area contributed by atoms with E-state index in [0.29, 0.717) is 53.7 Å². The highest BCUT2D eigenvalue weighted by Gasteiger charge is 2.26. The second-order valence-electron chi connectivity index (χ2n) is 8.08. The zero-order chi connectivity index (χ0) is 22.1. The standard InChI is InChI=1S/C22H23N7O2S/c23-12-15-3-4-24-20(9-15)28-21-11-17(16-1-2-16)10-19(27-21)18-13-25-22(26-14-18)29-5-7-32(30,31)8-6-29/h3-4,9-11,13-14,16,30-31H,1-2,5-8H2,(H,24,27,28). The molecule has 3 aromatic rings. The van der Waals surface area contributed by atoms with Crippen molar-refractivity contribution >= 4 is 28.2 Å². The summed E-state index contributed by atoms with van der Waals surface area (Å²) < 4.78 is 19.6. The minimum absolute atomic E-state index is 0.346. The van der Waals surface area contributed by atoms with E-state index in [-0.39, 0.29) is 0 Å². The van der Waals surface area contributed by atoms with Gasteiger partial charge in [-0.2, -0.15) is 15.9 Å². The SMILES string of the molecule is N#Cc1ccnc(Nc2cc(C3CC3)cc(-c3cnc(N4CCS(O)(O)CC4)nc3)n2)c1. The Labute approximate surface area is 187 Å². The van der Waals surface area contributed by atoms with Gasteiger partial charge in [0.25, 0.3) is 0 Å². The second kappa shape index (κ2) is 8.35. The molecule has 0 spiro atoms. The van der Waals surface area contributed by atoms with E-state index in [9.17, 15) is 9.11 Å². The van der Waals surface area contributed by atoms with Gasteiger partial charge in [0.2, 0.25) is 5.95 Å². The molecule has 0 aromatic carbocycles. The molecule has 0 amide bonds. The van der Waals surface area contributed by atoms with E-state index < -0.39 is 10.6 Å². The lowest BCUT2D eigenvalue weighted by atomic mass is 10.1. The molecule has 1 saturated heterocycles. The van der Waals surface area contributed by atoms with Gasteiger partial charge in [-0.05, 0) is 48.6 Å². The molecule has 1 aliphatic carbocycles. The summed E-state index contributed by atoms with van der Waals surface area (Å²) in [6, 6.07) is 9.58. The molecule has 5 rings (SSSR count). The largest absolute Gasteiger partial charge is 0.338 e. The van der Waals surface area contributed by atoms with E-state index >= 15 is 0 Å². The number of pyridine rings is 2. The van der Waals surface area contributed by atoms with Gasteiger partial charge in [0.05, 0.1) is 28.8 Å². The summed E-state index contributed by atoms with van der Waals surface area (Å²) in [6.45, 7) is 1.06. The zero-order valence-electron chi connectivity index (χ0n) is 17.3. The lowest BCUT2D eigenvalue weighted by Gasteiger charge is -2.40. The maximum absolute atomic E-state index is 9.81. The number of hydrogen-bond acceptors (Lipinski definition) is 9. The lowest BCUT2D eigenvalue weighted by molar-refractivity contribution is 0.478. The molecule has 32 heavy (non-hydrogen) atoms. The van der Waals surface area contributed by atoms with Crippen molar-refractivity contribution in [2.45, 2.75) is 18.8 Å². The Balaban J connectivity index is 1.40. The fourth-order valence-electron chi connectivity index (χ4n) is 3.66. The van der Waals surface area contributed by atoms with Crippen LogP contribution in [0.2, 0.25) is 0 Å². The van der Waals surface area contributed by atoms with Crippen LogP contribution in [0.4, 0.5) is 17.6 Å². The van der Waals surface area contributed by atoms with Crippen LogP contribution in [-0.2, 0) is 0 Å². The third kappa shape index (κ3) is 4.65. The van der Waals surface area contributed by atoms with Crippen LogP contribution in [0.1, 0.15) is 29.9 Å². The highest BCUT2D eigenvalue weighted by molar-refractivity contribution is 8.24. The molecular formula is C22H23N7O2S. The molecule has 0 radical (unpaired) electrons. The zero-order valence-corrected chi connectivity index (χ0v) is 18.2. The monoisotopic (exact) mass is 449 g/mol. The van der Waals surface area contributed by atoms with Crippen LogP contribution in [0.5, 0.6) is 0 Å². The van der Waals surface area contributed by atoms with Crippen LogP contribution in [0.3, 0.4) is 0 Å². The van der Waals surface area contributed by atoms with E-state index in [1.54, 1.807) is 30.7 Å². The van der Waals surface area contributed by atoms with E-state index in [1.807, 2.05) is 11.0 Å². The Morgan fingerprint density at radius 2 is 1.78 bits per heavy atom. The molecule has 1 saturated carbocycles. The fourth-order valence-corrected chi connectivity index (χ4v) is 4.89. The van der Waals surface area contributed by atoms with Crippen molar-refractivity contribution in [2.24, 2.45) is 0 Å². The molecule has 4 heterocycles. The first-order valence-electron chi connectivity index (χ1n) is 10.5. The smallest absolute Gasteiger partial charge is 0.225 e. The van der Waals surface area contributed by atoms with E-state index in [4.69, 9.17) is 10.2 Å². The summed E-state index contributed by atoms with van der Waals surface area (Å²) in [5, 5.41) is 12.3. The van der Waals surface area contributed by atoms with Gasteiger partial charge in [-0.3, -0.25) is 9.11 Å². The van der Waals surface area contributed by atoms with E-state index in [2.05, 4.69) is 32.4 Å². The average molecular weight is 450 g/mol. The Morgan fingerprint density at radius 3 is 2.47 bits per heavy atom. The molecule has 1 aliphatic heterocycles. The van der Waals surface area contributed by atoms with Crippen molar-refractivity contribution in [1.82, 2.24) is 19.9 Å². The van der Waals surface area contributed by atoms with Crippen LogP contribution in [0.15, 0.2) is 42.9 Å². The Bertz CT molecular complexity index is 1170. The van der Waals surface area contributed by atoms with Crippen molar-refractivity contribution < 1.29 is 9.11 Å². The highest BCUT2D eigenvalue weighted by atomic mass is 32.3. The summed E-state index contributed by atoms with van der Waals surface area (Å²) >= 11 is 0. The van der Waals surface area contributed by atoms with Crippen LogP contribution in [0.25, 0.3) is 11.3 Å². The van der Waals surface area contributed by atoms with Gasteiger partial charge in [0.15, 0.2) is 0 Å².